The van der Waals surface area contributed by atoms with Gasteiger partial charge in [0.15, 0.2) is 0 Å². The molecular weight excluding hydrogens is 1430 g/mol. The number of nitrogens with one attached hydrogen (secondary N) is 2. The van der Waals surface area contributed by atoms with Crippen molar-refractivity contribution in [2.24, 2.45) is 0 Å². The minimum Gasteiger partial charge on any atom is -0.478 e. The molecule has 0 saturated carbocycles. The lowest BCUT2D eigenvalue weighted by atomic mass is 9.98. The standard InChI is InChI=1S/C26H23NO2.2C25H22N2O2.C24H20N2O2/c1-3-5-18-6-4-7-21(15-18)19-9-11-20(12-10-19)25-16-23(26(28)29)22-14-17(2)8-13-24(22)27-25;1-16-4-13-23-21(14-16)22(25(28)29)15-24(26-23)19-7-5-17(6-8-19)18-9-11-20(12-10-18)27(2)3;1-3-26-20-11-9-18(10-12-20)17-5-7-19(8-6-17)24-15-22(25(28)29)21-14-16(2)4-13-23(21)27-24;1-15-3-12-22-20(13-15)21(24(27)28)14-23(26-22)18-6-4-16(5-7-18)17-8-10-19(25-2)11-9-17/h4,6-16H,3,5H2,1-2H3,(H,28,29);4-15H,1-3H3,(H,28,29);4-15,26H,3H2,1-2H3,(H,28,29);3-14,25H,1-2H3,(H,27,28). The number of aromatic carboxylic acids is 4. The highest BCUT2D eigenvalue weighted by Gasteiger charge is 2.19. The molecule has 6 N–H and O–H groups in total. The van der Waals surface area contributed by atoms with Crippen LogP contribution in [0.5, 0.6) is 0 Å². The van der Waals surface area contributed by atoms with E-state index in [1.165, 1.54) is 11.1 Å². The first-order valence-corrected chi connectivity index (χ1v) is 38.1. The van der Waals surface area contributed by atoms with E-state index < -0.39 is 23.9 Å². The Morgan fingerprint density at radius 3 is 0.852 bits per heavy atom. The molecule has 0 atom stereocenters. The predicted octanol–water partition coefficient (Wildman–Crippen LogP) is 23.8. The van der Waals surface area contributed by atoms with E-state index in [0.717, 1.165) is 120 Å². The smallest absolute Gasteiger partial charge is 0.336 e. The van der Waals surface area contributed by atoms with Gasteiger partial charge in [0.25, 0.3) is 0 Å². The van der Waals surface area contributed by atoms with Crippen molar-refractivity contribution in [3.8, 4) is 89.5 Å². The Labute approximate surface area is 668 Å². The third-order valence-corrected chi connectivity index (χ3v) is 20.1. The highest BCUT2D eigenvalue weighted by molar-refractivity contribution is 6.07. The van der Waals surface area contributed by atoms with Gasteiger partial charge in [-0.2, -0.15) is 0 Å². The highest BCUT2D eigenvalue weighted by atomic mass is 16.4. The molecule has 15 heteroatoms. The van der Waals surface area contributed by atoms with Crippen molar-refractivity contribution in [3.63, 3.8) is 0 Å². The lowest BCUT2D eigenvalue weighted by Gasteiger charge is -2.13. The quantitative estimate of drug-likeness (QED) is 0.0469. The summed E-state index contributed by atoms with van der Waals surface area (Å²) in [4.78, 5) is 68.0. The number of rotatable bonds is 18. The van der Waals surface area contributed by atoms with Crippen LogP contribution in [0, 0.1) is 27.7 Å². The number of carbonyl (C=O) groups is 4. The Bertz CT molecular complexity index is 6270. The van der Waals surface area contributed by atoms with E-state index in [1.807, 2.05) is 219 Å². The number of carboxylic acid groups (broad SMARTS) is 4. The minimum atomic E-state index is -0.944. The number of pyridine rings is 4. The second-order valence-corrected chi connectivity index (χ2v) is 28.7. The van der Waals surface area contributed by atoms with Gasteiger partial charge in [-0.25, -0.2) is 39.1 Å². The van der Waals surface area contributed by atoms with Gasteiger partial charge in [-0.15, -0.1) is 0 Å². The fourth-order valence-electron chi connectivity index (χ4n) is 14.0. The number of aryl methyl sites for hydroxylation is 5. The van der Waals surface area contributed by atoms with Gasteiger partial charge in [0.2, 0.25) is 0 Å². The molecule has 16 aromatic rings. The summed E-state index contributed by atoms with van der Waals surface area (Å²) in [5.41, 5.74) is 27.8. The lowest BCUT2D eigenvalue weighted by molar-refractivity contribution is 0.0688. The molecule has 12 aromatic carbocycles. The first-order valence-electron chi connectivity index (χ1n) is 38.1. The van der Waals surface area contributed by atoms with Crippen LogP contribution in [0.3, 0.4) is 0 Å². The van der Waals surface area contributed by atoms with Gasteiger partial charge in [-0.3, -0.25) is 0 Å². The van der Waals surface area contributed by atoms with Crippen LogP contribution in [-0.2, 0) is 6.42 Å². The summed E-state index contributed by atoms with van der Waals surface area (Å²) in [6, 6.07) is 95.3. The minimum absolute atomic E-state index is 0.274. The molecule has 0 aliphatic rings. The lowest BCUT2D eigenvalue weighted by Crippen LogP contribution is -2.07. The van der Waals surface area contributed by atoms with E-state index in [-0.39, 0.29) is 22.3 Å². The molecule has 0 unspecified atom stereocenters. The molecule has 15 nitrogen and oxygen atoms in total. The Hall–Kier alpha value is -14.4. The van der Waals surface area contributed by atoms with Crippen molar-refractivity contribution in [2.75, 3.05) is 43.2 Å². The number of nitrogens with zero attached hydrogens (tertiary/aromatic N) is 5. The second kappa shape index (κ2) is 35.3. The van der Waals surface area contributed by atoms with Crippen molar-refractivity contribution in [3.05, 3.63) is 341 Å². The fourth-order valence-corrected chi connectivity index (χ4v) is 14.0. The summed E-state index contributed by atoms with van der Waals surface area (Å²) in [5, 5.41) is 47.7. The third kappa shape index (κ3) is 18.6. The van der Waals surface area contributed by atoms with E-state index in [9.17, 15) is 39.6 Å². The molecule has 115 heavy (non-hydrogen) atoms. The predicted molar refractivity (Wildman–Crippen MR) is 469 cm³/mol. The van der Waals surface area contributed by atoms with Gasteiger partial charge in [0.05, 0.1) is 67.1 Å². The average molecular weight is 1510 g/mol. The van der Waals surface area contributed by atoms with Crippen molar-refractivity contribution < 1.29 is 39.6 Å². The first-order chi connectivity index (χ1) is 55.6. The Balaban J connectivity index is 0.000000134. The van der Waals surface area contributed by atoms with Crippen molar-refractivity contribution in [1.29, 1.82) is 0 Å². The molecule has 0 radical (unpaired) electrons. The molecule has 0 fully saturated rings. The number of anilines is 3. The molecule has 16 rings (SSSR count). The zero-order valence-electron chi connectivity index (χ0n) is 65.5. The van der Waals surface area contributed by atoms with Crippen LogP contribution in [0.2, 0.25) is 0 Å². The zero-order valence-corrected chi connectivity index (χ0v) is 65.5. The van der Waals surface area contributed by atoms with Crippen LogP contribution in [0.4, 0.5) is 17.1 Å². The molecule has 0 bridgehead atoms. The first kappa shape index (κ1) is 78.7. The molecule has 0 saturated heterocycles. The number of fused-ring (bicyclic) bond motifs is 4. The van der Waals surface area contributed by atoms with Crippen molar-refractivity contribution in [2.45, 2.75) is 54.4 Å². The summed E-state index contributed by atoms with van der Waals surface area (Å²) in [6.45, 7) is 12.9. The fraction of sp³-hybridized carbons (Fsp3) is 0.120. The topological polar surface area (TPSA) is 228 Å². The van der Waals surface area contributed by atoms with E-state index in [0.29, 0.717) is 66.4 Å². The average Bonchev–Trinajstić information content (AvgIpc) is 0.796. The van der Waals surface area contributed by atoms with Crippen molar-refractivity contribution >= 4 is 84.6 Å². The monoisotopic (exact) mass is 1510 g/mol. The molecule has 0 spiro atoms. The van der Waals surface area contributed by atoms with E-state index in [2.05, 4.69) is 131 Å². The van der Waals surface area contributed by atoms with Crippen LogP contribution >= 0.6 is 0 Å². The Morgan fingerprint density at radius 2 is 0.583 bits per heavy atom. The molecule has 570 valence electrons. The van der Waals surface area contributed by atoms with Gasteiger partial charge < -0.3 is 36.0 Å². The van der Waals surface area contributed by atoms with E-state index >= 15 is 0 Å². The van der Waals surface area contributed by atoms with E-state index in [4.69, 9.17) is 15.0 Å². The Morgan fingerprint density at radius 1 is 0.313 bits per heavy atom. The third-order valence-electron chi connectivity index (χ3n) is 20.1. The number of benzene rings is 12. The highest BCUT2D eigenvalue weighted by Crippen LogP contribution is 2.35. The summed E-state index contributed by atoms with van der Waals surface area (Å²) >= 11 is 0. The maximum atomic E-state index is 11.8. The van der Waals surface area contributed by atoms with Gasteiger partial charge in [-0.05, 0) is 200 Å². The van der Waals surface area contributed by atoms with Gasteiger partial charge in [0.1, 0.15) is 0 Å². The SMILES string of the molecule is CCCc1cccc(-c2ccc(-c3cc(C(=O)O)c4cc(C)ccc4n3)cc2)c1.CCNc1ccc(-c2ccc(-c3cc(C(=O)O)c4cc(C)ccc4n3)cc2)cc1.CNc1ccc(-c2ccc(-c3cc(C(=O)O)c4cc(C)ccc4n3)cc2)cc1.Cc1ccc2nc(-c3ccc(-c4ccc(N(C)C)cc4)cc3)cc(C(=O)O)c2c1. The summed E-state index contributed by atoms with van der Waals surface area (Å²) in [7, 11) is 5.94. The molecule has 0 aliphatic carbocycles. The van der Waals surface area contributed by atoms with Crippen LogP contribution in [0.15, 0.2) is 291 Å². The normalized spacial score (nSPS) is 10.9. The van der Waals surface area contributed by atoms with Crippen LogP contribution in [-0.4, -0.2) is 91.9 Å². The van der Waals surface area contributed by atoms with Gasteiger partial charge in [0, 0.05) is 88.5 Å². The van der Waals surface area contributed by atoms with E-state index in [1.54, 1.807) is 24.3 Å². The second-order valence-electron chi connectivity index (χ2n) is 28.7. The number of aromatic nitrogens is 4. The maximum absolute atomic E-state index is 11.8. The molecule has 4 heterocycles. The molecule has 0 aliphatic heterocycles. The molecular formula is C100H87N7O8. The van der Waals surface area contributed by atoms with Crippen molar-refractivity contribution in [1.82, 2.24) is 19.9 Å². The summed E-state index contributed by atoms with van der Waals surface area (Å²) in [6.07, 6.45) is 2.20. The van der Waals surface area contributed by atoms with Crippen LogP contribution in [0.25, 0.3) is 133 Å². The number of hydrogen-bond donors (Lipinski definition) is 6. The van der Waals surface area contributed by atoms with Gasteiger partial charge in [-0.1, -0.05) is 218 Å². The summed E-state index contributed by atoms with van der Waals surface area (Å²) < 4.78 is 0. The number of hydrogen-bond acceptors (Lipinski definition) is 11. The van der Waals surface area contributed by atoms with Crippen LogP contribution < -0.4 is 15.5 Å². The number of carboxylic acids is 4. The van der Waals surface area contributed by atoms with Gasteiger partial charge >= 0.3 is 23.9 Å². The maximum Gasteiger partial charge on any atom is 0.336 e. The zero-order chi connectivity index (χ0) is 81.0. The molecule has 4 aromatic heterocycles. The Kier molecular flexibility index (Phi) is 24.1. The largest absolute Gasteiger partial charge is 0.478 e. The summed E-state index contributed by atoms with van der Waals surface area (Å²) in [5.74, 6) is -3.77. The van der Waals surface area contributed by atoms with Crippen LogP contribution in [0.1, 0.15) is 89.5 Å². The molecule has 0 amide bonds.